The van der Waals surface area contributed by atoms with E-state index < -0.39 is 25.2 Å². The Hall–Kier alpha value is -3.41. The quantitative estimate of drug-likeness (QED) is 0.433. The van der Waals surface area contributed by atoms with Crippen molar-refractivity contribution in [2.24, 2.45) is 0 Å². The molecule has 0 heterocycles. The third-order valence-corrected chi connectivity index (χ3v) is 7.56. The Labute approximate surface area is 193 Å². The molecule has 0 spiro atoms. The standard InChI is InChI=1S/C25H27N2O5P/c1-2-32-33(30,22-16-10-5-11-17-22)24(21-14-8-4-9-15-21)27-23(28)18-26-25(29)31-19-20-12-6-3-7-13-20/h3-17,24H,2,18-19H2,1H3,(H,26,29)(H,27,28). The molecule has 2 unspecified atom stereocenters. The van der Waals surface area contributed by atoms with Crippen molar-refractivity contribution in [3.63, 3.8) is 0 Å². The van der Waals surface area contributed by atoms with E-state index in [1.54, 1.807) is 55.5 Å². The Morgan fingerprint density at radius 3 is 2.06 bits per heavy atom. The van der Waals surface area contributed by atoms with Crippen molar-refractivity contribution >= 4 is 24.7 Å². The molecular formula is C25H27N2O5P. The van der Waals surface area contributed by atoms with Gasteiger partial charge in [-0.15, -0.1) is 0 Å². The van der Waals surface area contributed by atoms with Crippen LogP contribution in [0.2, 0.25) is 0 Å². The van der Waals surface area contributed by atoms with Crippen LogP contribution >= 0.6 is 7.37 Å². The van der Waals surface area contributed by atoms with E-state index >= 15 is 0 Å². The molecule has 2 amide bonds. The van der Waals surface area contributed by atoms with Crippen LogP contribution in [0.3, 0.4) is 0 Å². The van der Waals surface area contributed by atoms with Gasteiger partial charge in [-0.1, -0.05) is 78.9 Å². The number of hydrogen-bond donors (Lipinski definition) is 2. The summed E-state index contributed by atoms with van der Waals surface area (Å²) in [7, 11) is -3.53. The third kappa shape index (κ3) is 6.78. The van der Waals surface area contributed by atoms with Gasteiger partial charge in [0.25, 0.3) is 7.37 Å². The van der Waals surface area contributed by atoms with Crippen LogP contribution in [0.25, 0.3) is 0 Å². The van der Waals surface area contributed by atoms with E-state index in [4.69, 9.17) is 9.26 Å². The number of amides is 2. The van der Waals surface area contributed by atoms with Gasteiger partial charge in [-0.2, -0.15) is 0 Å². The van der Waals surface area contributed by atoms with Gasteiger partial charge in [0.2, 0.25) is 5.91 Å². The lowest BCUT2D eigenvalue weighted by molar-refractivity contribution is -0.120. The summed E-state index contributed by atoms with van der Waals surface area (Å²) in [4.78, 5) is 24.7. The summed E-state index contributed by atoms with van der Waals surface area (Å²) in [6.07, 6.45) is -0.721. The fraction of sp³-hybridized carbons (Fsp3) is 0.200. The number of alkyl carbamates (subject to hydrolysis) is 1. The average molecular weight is 466 g/mol. The first-order valence-corrected chi connectivity index (χ1v) is 12.3. The Bertz CT molecular complexity index is 1080. The Kier molecular flexibility index (Phi) is 8.81. The Morgan fingerprint density at radius 1 is 0.879 bits per heavy atom. The first-order chi connectivity index (χ1) is 16.0. The predicted octanol–water partition coefficient (Wildman–Crippen LogP) is 4.37. The molecule has 0 aromatic heterocycles. The molecule has 2 N–H and O–H groups in total. The molecule has 0 aliphatic heterocycles. The van der Waals surface area contributed by atoms with E-state index in [1.165, 1.54) is 0 Å². The maximum absolute atomic E-state index is 14.1. The lowest BCUT2D eigenvalue weighted by atomic mass is 10.2. The molecule has 33 heavy (non-hydrogen) atoms. The number of nitrogens with one attached hydrogen (secondary N) is 2. The molecule has 3 rings (SSSR count). The zero-order valence-electron chi connectivity index (χ0n) is 18.3. The summed E-state index contributed by atoms with van der Waals surface area (Å²) in [5.74, 6) is -1.44. The van der Waals surface area contributed by atoms with Gasteiger partial charge < -0.3 is 19.9 Å². The number of hydrogen-bond acceptors (Lipinski definition) is 5. The van der Waals surface area contributed by atoms with E-state index in [-0.39, 0.29) is 19.8 Å². The highest BCUT2D eigenvalue weighted by Crippen LogP contribution is 2.57. The predicted molar refractivity (Wildman–Crippen MR) is 127 cm³/mol. The van der Waals surface area contributed by atoms with Crippen LogP contribution in [-0.2, 0) is 25.2 Å². The van der Waals surface area contributed by atoms with Gasteiger partial charge in [0, 0.05) is 5.30 Å². The van der Waals surface area contributed by atoms with Crippen molar-refractivity contribution < 1.29 is 23.4 Å². The van der Waals surface area contributed by atoms with Crippen molar-refractivity contribution in [2.75, 3.05) is 13.2 Å². The number of carbonyl (C=O) groups is 2. The Morgan fingerprint density at radius 2 is 1.45 bits per heavy atom. The van der Waals surface area contributed by atoms with Crippen LogP contribution in [0, 0.1) is 0 Å². The lowest BCUT2D eigenvalue weighted by Crippen LogP contribution is -2.39. The smallest absolute Gasteiger partial charge is 0.407 e. The molecule has 2 atom stereocenters. The summed E-state index contributed by atoms with van der Waals surface area (Å²) in [6.45, 7) is 1.71. The van der Waals surface area contributed by atoms with Gasteiger partial charge in [0.1, 0.15) is 18.9 Å². The van der Waals surface area contributed by atoms with Crippen molar-refractivity contribution in [3.8, 4) is 0 Å². The van der Waals surface area contributed by atoms with Gasteiger partial charge in [0.15, 0.2) is 0 Å². The van der Waals surface area contributed by atoms with Gasteiger partial charge >= 0.3 is 6.09 Å². The number of rotatable bonds is 10. The molecule has 0 aliphatic rings. The molecule has 7 nitrogen and oxygen atoms in total. The molecule has 0 saturated heterocycles. The van der Waals surface area contributed by atoms with Crippen molar-refractivity contribution in [3.05, 3.63) is 102 Å². The lowest BCUT2D eigenvalue weighted by Gasteiger charge is -2.28. The zero-order valence-corrected chi connectivity index (χ0v) is 19.2. The van der Waals surface area contributed by atoms with E-state index in [1.807, 2.05) is 42.5 Å². The highest BCUT2D eigenvalue weighted by molar-refractivity contribution is 7.67. The zero-order chi connectivity index (χ0) is 23.5. The number of benzene rings is 3. The highest BCUT2D eigenvalue weighted by Gasteiger charge is 2.38. The second-order valence-corrected chi connectivity index (χ2v) is 9.63. The van der Waals surface area contributed by atoms with Crippen LogP contribution in [0.15, 0.2) is 91.0 Å². The molecule has 0 radical (unpaired) electrons. The molecule has 0 saturated carbocycles. The van der Waals surface area contributed by atoms with Crippen LogP contribution in [0.4, 0.5) is 4.79 Å². The topological polar surface area (TPSA) is 93.7 Å². The fourth-order valence-corrected chi connectivity index (χ4v) is 5.70. The second-order valence-electron chi connectivity index (χ2n) is 7.15. The summed E-state index contributed by atoms with van der Waals surface area (Å²) in [5, 5.41) is 5.71. The van der Waals surface area contributed by atoms with Crippen molar-refractivity contribution in [2.45, 2.75) is 19.3 Å². The van der Waals surface area contributed by atoms with Crippen LogP contribution < -0.4 is 15.9 Å². The van der Waals surface area contributed by atoms with Crippen LogP contribution in [-0.4, -0.2) is 25.2 Å². The summed E-state index contributed by atoms with van der Waals surface area (Å²) < 4.78 is 25.0. The molecule has 0 fully saturated rings. The third-order valence-electron chi connectivity index (χ3n) is 4.80. The largest absolute Gasteiger partial charge is 0.445 e. The van der Waals surface area contributed by atoms with E-state index in [0.29, 0.717) is 10.9 Å². The summed E-state index contributed by atoms with van der Waals surface area (Å²) in [5.41, 5.74) is 1.47. The first kappa shape index (κ1) is 24.2. The van der Waals surface area contributed by atoms with Gasteiger partial charge in [0.05, 0.1) is 6.61 Å². The molecule has 3 aromatic carbocycles. The molecule has 0 bridgehead atoms. The molecule has 3 aromatic rings. The van der Waals surface area contributed by atoms with Gasteiger partial charge in [-0.25, -0.2) is 4.79 Å². The second kappa shape index (κ2) is 12.0. The first-order valence-electron chi connectivity index (χ1n) is 10.6. The fourth-order valence-electron chi connectivity index (χ4n) is 3.26. The van der Waals surface area contributed by atoms with Gasteiger partial charge in [-0.3, -0.25) is 9.36 Å². The summed E-state index contributed by atoms with van der Waals surface area (Å²) >= 11 is 0. The molecular weight excluding hydrogens is 439 g/mol. The molecule has 172 valence electrons. The Balaban J connectivity index is 1.70. The van der Waals surface area contributed by atoms with Gasteiger partial charge in [-0.05, 0) is 30.2 Å². The van der Waals surface area contributed by atoms with E-state index in [0.717, 1.165) is 5.56 Å². The normalized spacial score (nSPS) is 13.4. The molecule has 8 heteroatoms. The minimum absolute atomic E-state index is 0.0917. The van der Waals surface area contributed by atoms with E-state index in [9.17, 15) is 14.2 Å². The highest BCUT2D eigenvalue weighted by atomic mass is 31.2. The maximum Gasteiger partial charge on any atom is 0.407 e. The van der Waals surface area contributed by atoms with Crippen molar-refractivity contribution in [1.82, 2.24) is 10.6 Å². The SMILES string of the molecule is CCOP(=O)(c1ccccc1)C(NC(=O)CNC(=O)OCc1ccccc1)c1ccccc1. The monoisotopic (exact) mass is 466 g/mol. The van der Waals surface area contributed by atoms with Crippen LogP contribution in [0.1, 0.15) is 23.8 Å². The minimum Gasteiger partial charge on any atom is -0.445 e. The molecule has 0 aliphatic carbocycles. The van der Waals surface area contributed by atoms with Crippen LogP contribution in [0.5, 0.6) is 0 Å². The maximum atomic E-state index is 14.1. The average Bonchev–Trinajstić information content (AvgIpc) is 2.86. The number of carbonyl (C=O) groups excluding carboxylic acids is 2. The number of ether oxygens (including phenoxy) is 1. The van der Waals surface area contributed by atoms with Crippen molar-refractivity contribution in [1.29, 1.82) is 0 Å². The van der Waals surface area contributed by atoms with E-state index in [2.05, 4.69) is 10.6 Å². The minimum atomic E-state index is -3.53. The summed E-state index contributed by atoms with van der Waals surface area (Å²) in [6, 6.07) is 27.0.